The number of ether oxygens (including phenoxy) is 1. The lowest BCUT2D eigenvalue weighted by Gasteiger charge is -2.24. The third kappa shape index (κ3) is 1.84. The molecule has 0 saturated heterocycles. The van der Waals surface area contributed by atoms with Crippen molar-refractivity contribution in [2.75, 3.05) is 0 Å². The van der Waals surface area contributed by atoms with E-state index >= 15 is 0 Å². The Labute approximate surface area is 85.3 Å². The lowest BCUT2D eigenvalue weighted by molar-refractivity contribution is -0.159. The smallest absolute Gasteiger partial charge is 0.310 e. The minimum absolute atomic E-state index is 0.00391. The average molecular weight is 193 g/mol. The van der Waals surface area contributed by atoms with E-state index in [2.05, 4.69) is 18.6 Å². The van der Waals surface area contributed by atoms with E-state index in [1.54, 1.807) is 0 Å². The van der Waals surface area contributed by atoms with Gasteiger partial charge in [0, 0.05) is 0 Å². The van der Waals surface area contributed by atoms with E-state index in [0.717, 1.165) is 6.42 Å². The van der Waals surface area contributed by atoms with Gasteiger partial charge in [-0.05, 0) is 45.4 Å². The fraction of sp³-hybridized carbons (Fsp3) is 0.667. The molecule has 2 nitrogen and oxygen atoms in total. The maximum absolute atomic E-state index is 11.8. The van der Waals surface area contributed by atoms with Gasteiger partial charge in [-0.3, -0.25) is 4.79 Å². The zero-order valence-corrected chi connectivity index (χ0v) is 8.99. The first-order valence-corrected chi connectivity index (χ1v) is 5.22. The van der Waals surface area contributed by atoms with E-state index in [1.165, 1.54) is 0 Å². The van der Waals surface area contributed by atoms with Gasteiger partial charge in [0.1, 0.15) is 5.60 Å². The predicted octanol–water partition coefficient (Wildman–Crippen LogP) is 2.35. The molecule has 2 heteroatoms. The summed E-state index contributed by atoms with van der Waals surface area (Å²) in [4.78, 5) is 11.8. The Kier molecular flexibility index (Phi) is 2.17. The summed E-state index contributed by atoms with van der Waals surface area (Å²) in [6.07, 6.45) is 7.56. The summed E-state index contributed by atoms with van der Waals surface area (Å²) in [6.45, 7) is 5.73. The maximum Gasteiger partial charge on any atom is 0.310 e. The number of hydrogen-bond acceptors (Lipinski definition) is 2. The third-order valence-corrected chi connectivity index (χ3v) is 2.74. The van der Waals surface area contributed by atoms with Crippen molar-refractivity contribution in [2.45, 2.75) is 32.8 Å². The molecule has 0 heterocycles. The van der Waals surface area contributed by atoms with Crippen molar-refractivity contribution < 1.29 is 9.53 Å². The molecule has 1 fully saturated rings. The van der Waals surface area contributed by atoms with Crippen molar-refractivity contribution in [1.29, 1.82) is 0 Å². The first kappa shape index (κ1) is 9.75. The van der Waals surface area contributed by atoms with E-state index in [4.69, 9.17) is 4.74 Å². The molecule has 2 aliphatic carbocycles. The SMILES string of the molecule is CC(C)(C)OC(=O)C1[CH]C2C=CC1C2. The van der Waals surface area contributed by atoms with E-state index in [1.807, 2.05) is 20.8 Å². The monoisotopic (exact) mass is 193 g/mol. The highest BCUT2D eigenvalue weighted by Gasteiger charge is 2.41. The normalized spacial score (nSPS) is 34.9. The Hall–Kier alpha value is -0.790. The molecule has 1 radical (unpaired) electrons. The second-order valence-electron chi connectivity index (χ2n) is 5.20. The Morgan fingerprint density at radius 2 is 2.07 bits per heavy atom. The molecule has 2 bridgehead atoms. The largest absolute Gasteiger partial charge is 0.460 e. The second kappa shape index (κ2) is 3.11. The first-order chi connectivity index (χ1) is 6.46. The predicted molar refractivity (Wildman–Crippen MR) is 54.4 cm³/mol. The van der Waals surface area contributed by atoms with Gasteiger partial charge < -0.3 is 4.74 Å². The van der Waals surface area contributed by atoms with Crippen LogP contribution in [-0.4, -0.2) is 11.6 Å². The van der Waals surface area contributed by atoms with Crippen LogP contribution in [0.3, 0.4) is 0 Å². The molecule has 0 spiro atoms. The van der Waals surface area contributed by atoms with Gasteiger partial charge in [-0.2, -0.15) is 0 Å². The zero-order valence-electron chi connectivity index (χ0n) is 8.99. The van der Waals surface area contributed by atoms with Gasteiger partial charge in [0.05, 0.1) is 5.92 Å². The molecular formula is C12H17O2. The molecule has 0 aromatic carbocycles. The third-order valence-electron chi connectivity index (χ3n) is 2.74. The van der Waals surface area contributed by atoms with Crippen molar-refractivity contribution in [3.05, 3.63) is 18.6 Å². The van der Waals surface area contributed by atoms with Gasteiger partial charge >= 0.3 is 5.97 Å². The van der Waals surface area contributed by atoms with Crippen LogP contribution in [0.5, 0.6) is 0 Å². The van der Waals surface area contributed by atoms with Crippen molar-refractivity contribution >= 4 is 5.97 Å². The van der Waals surface area contributed by atoms with Crippen LogP contribution in [0.25, 0.3) is 0 Å². The van der Waals surface area contributed by atoms with Crippen LogP contribution in [0.15, 0.2) is 12.2 Å². The second-order valence-corrected chi connectivity index (χ2v) is 5.20. The Balaban J connectivity index is 1.97. The topological polar surface area (TPSA) is 26.3 Å². The van der Waals surface area contributed by atoms with Crippen LogP contribution in [0.1, 0.15) is 27.2 Å². The summed E-state index contributed by atoms with van der Waals surface area (Å²) < 4.78 is 5.37. The number of esters is 1. The average Bonchev–Trinajstić information content (AvgIpc) is 2.59. The summed E-state index contributed by atoms with van der Waals surface area (Å²) in [6, 6.07) is 0. The minimum atomic E-state index is -0.365. The molecule has 0 aromatic heterocycles. The lowest BCUT2D eigenvalue weighted by Crippen LogP contribution is -2.30. The Morgan fingerprint density at radius 3 is 2.50 bits per heavy atom. The number of fused-ring (bicyclic) bond motifs is 2. The number of rotatable bonds is 1. The molecule has 77 valence electrons. The van der Waals surface area contributed by atoms with E-state index in [0.29, 0.717) is 11.8 Å². The molecular weight excluding hydrogens is 176 g/mol. The van der Waals surface area contributed by atoms with Crippen molar-refractivity contribution in [1.82, 2.24) is 0 Å². The summed E-state index contributed by atoms with van der Waals surface area (Å²) in [5, 5.41) is 0. The van der Waals surface area contributed by atoms with Crippen molar-refractivity contribution in [3.63, 3.8) is 0 Å². The van der Waals surface area contributed by atoms with Crippen molar-refractivity contribution in [3.8, 4) is 0 Å². The maximum atomic E-state index is 11.8. The molecule has 0 amide bonds. The fourth-order valence-corrected chi connectivity index (χ4v) is 2.20. The van der Waals surface area contributed by atoms with Crippen LogP contribution in [0, 0.1) is 24.2 Å². The van der Waals surface area contributed by atoms with E-state index < -0.39 is 0 Å². The van der Waals surface area contributed by atoms with Crippen LogP contribution in [0.2, 0.25) is 0 Å². The molecule has 1 saturated carbocycles. The molecule has 2 rings (SSSR count). The van der Waals surface area contributed by atoms with Gasteiger partial charge in [0.25, 0.3) is 0 Å². The molecule has 14 heavy (non-hydrogen) atoms. The van der Waals surface area contributed by atoms with Crippen LogP contribution < -0.4 is 0 Å². The number of hydrogen-bond donors (Lipinski definition) is 0. The summed E-state index contributed by atoms with van der Waals surface area (Å²) in [5.41, 5.74) is -0.365. The molecule has 2 aliphatic rings. The van der Waals surface area contributed by atoms with Gasteiger partial charge in [-0.15, -0.1) is 0 Å². The van der Waals surface area contributed by atoms with E-state index in [-0.39, 0.29) is 17.5 Å². The Morgan fingerprint density at radius 1 is 1.36 bits per heavy atom. The Bertz CT molecular complexity index is 273. The minimum Gasteiger partial charge on any atom is -0.460 e. The van der Waals surface area contributed by atoms with Gasteiger partial charge in [0.2, 0.25) is 0 Å². The van der Waals surface area contributed by atoms with Crippen LogP contribution in [0.4, 0.5) is 0 Å². The van der Waals surface area contributed by atoms with E-state index in [9.17, 15) is 4.79 Å². The molecule has 0 aliphatic heterocycles. The molecule has 3 atom stereocenters. The first-order valence-electron chi connectivity index (χ1n) is 5.22. The quantitative estimate of drug-likeness (QED) is 0.472. The number of carbonyl (C=O) groups excluding carboxylic acids is 1. The summed E-state index contributed by atoms with van der Waals surface area (Å²) in [7, 11) is 0. The van der Waals surface area contributed by atoms with Crippen LogP contribution in [-0.2, 0) is 9.53 Å². The number of allylic oxidation sites excluding steroid dienone is 2. The highest BCUT2D eigenvalue weighted by Crippen LogP contribution is 2.43. The standard InChI is InChI=1S/C12H17O2/c1-12(2,3)14-11(13)10-7-8-4-5-9(10)6-8/h4-5,7-10H,6H2,1-3H3. The highest BCUT2D eigenvalue weighted by molar-refractivity contribution is 5.76. The molecule has 0 N–H and O–H groups in total. The van der Waals surface area contributed by atoms with Gasteiger partial charge in [-0.25, -0.2) is 0 Å². The molecule has 0 aromatic rings. The fourth-order valence-electron chi connectivity index (χ4n) is 2.20. The van der Waals surface area contributed by atoms with Gasteiger partial charge in [0.15, 0.2) is 0 Å². The van der Waals surface area contributed by atoms with Crippen LogP contribution >= 0.6 is 0 Å². The summed E-state index contributed by atoms with van der Waals surface area (Å²) in [5.74, 6) is 0.853. The summed E-state index contributed by atoms with van der Waals surface area (Å²) >= 11 is 0. The lowest BCUT2D eigenvalue weighted by atomic mass is 9.93. The van der Waals surface area contributed by atoms with Gasteiger partial charge in [-0.1, -0.05) is 12.2 Å². The zero-order chi connectivity index (χ0) is 10.3. The highest BCUT2D eigenvalue weighted by atomic mass is 16.6. The molecule has 3 unspecified atom stereocenters. The van der Waals surface area contributed by atoms with Crippen molar-refractivity contribution in [2.24, 2.45) is 17.8 Å². The number of carbonyl (C=O) groups is 1.